The first-order valence-electron chi connectivity index (χ1n) is 5.52. The summed E-state index contributed by atoms with van der Waals surface area (Å²) in [7, 11) is 0. The Labute approximate surface area is 109 Å². The number of halogens is 1. The minimum atomic E-state index is 0.236. The molecule has 2 nitrogen and oxygen atoms in total. The van der Waals surface area contributed by atoms with Crippen LogP contribution in [0, 0.1) is 0 Å². The fourth-order valence-electron chi connectivity index (χ4n) is 1.68. The number of benzene rings is 1. The van der Waals surface area contributed by atoms with Crippen LogP contribution in [0.4, 0.5) is 0 Å². The molecular formula is C14H13BrO2. The highest BCUT2D eigenvalue weighted by Crippen LogP contribution is 2.13. The van der Waals surface area contributed by atoms with E-state index in [-0.39, 0.29) is 5.78 Å². The van der Waals surface area contributed by atoms with Gasteiger partial charge in [0.15, 0.2) is 0 Å². The molecule has 3 heteroatoms. The summed E-state index contributed by atoms with van der Waals surface area (Å²) in [4.78, 5) is 11.8. The van der Waals surface area contributed by atoms with E-state index < -0.39 is 0 Å². The Morgan fingerprint density at radius 1 is 1.24 bits per heavy atom. The molecule has 17 heavy (non-hydrogen) atoms. The minimum absolute atomic E-state index is 0.236. The first-order valence-corrected chi connectivity index (χ1v) is 6.32. The van der Waals surface area contributed by atoms with Crippen LogP contribution < -0.4 is 0 Å². The van der Waals surface area contributed by atoms with Gasteiger partial charge < -0.3 is 4.42 Å². The third kappa shape index (κ3) is 3.86. The van der Waals surface area contributed by atoms with E-state index in [4.69, 9.17) is 4.42 Å². The van der Waals surface area contributed by atoms with Crippen LogP contribution in [0.15, 0.2) is 51.6 Å². The molecule has 1 heterocycles. The molecule has 0 fully saturated rings. The number of furan rings is 1. The average molecular weight is 293 g/mol. The highest BCUT2D eigenvalue weighted by atomic mass is 79.9. The molecule has 0 N–H and O–H groups in total. The third-order valence-corrected chi connectivity index (χ3v) is 3.01. The van der Waals surface area contributed by atoms with E-state index in [2.05, 4.69) is 15.9 Å². The van der Waals surface area contributed by atoms with Crippen molar-refractivity contribution in [2.45, 2.75) is 19.3 Å². The molecule has 2 aromatic rings. The fourth-order valence-corrected chi connectivity index (χ4v) is 2.13. The van der Waals surface area contributed by atoms with Gasteiger partial charge in [0.1, 0.15) is 11.5 Å². The van der Waals surface area contributed by atoms with E-state index in [0.717, 1.165) is 15.8 Å². The lowest BCUT2D eigenvalue weighted by Crippen LogP contribution is -2.03. The molecule has 0 saturated carbocycles. The van der Waals surface area contributed by atoms with Crippen LogP contribution in [0.25, 0.3) is 0 Å². The number of carbonyl (C=O) groups excluding carboxylic acids is 1. The van der Waals surface area contributed by atoms with Gasteiger partial charge in [-0.05, 0) is 29.8 Å². The Morgan fingerprint density at radius 3 is 2.82 bits per heavy atom. The Hall–Kier alpha value is -1.35. The summed E-state index contributed by atoms with van der Waals surface area (Å²) in [5.41, 5.74) is 1.05. The first kappa shape index (κ1) is 12.1. The highest BCUT2D eigenvalue weighted by molar-refractivity contribution is 9.10. The monoisotopic (exact) mass is 292 g/mol. The molecule has 0 unspecified atom stereocenters. The van der Waals surface area contributed by atoms with Crippen LogP contribution in [0.1, 0.15) is 17.7 Å². The topological polar surface area (TPSA) is 30.2 Å². The molecule has 0 aliphatic heterocycles. The number of Topliss-reactive ketones (excluding diaryl/α,β-unsaturated/α-hetero) is 1. The predicted octanol–water partition coefficient (Wildman–Crippen LogP) is 3.79. The van der Waals surface area contributed by atoms with Gasteiger partial charge in [0.2, 0.25) is 0 Å². The van der Waals surface area contributed by atoms with Gasteiger partial charge in [0, 0.05) is 23.7 Å². The Kier molecular flexibility index (Phi) is 4.15. The Balaban J connectivity index is 1.85. The van der Waals surface area contributed by atoms with Crippen molar-refractivity contribution in [3.63, 3.8) is 0 Å². The van der Waals surface area contributed by atoms with E-state index in [9.17, 15) is 4.79 Å². The number of hydrogen-bond acceptors (Lipinski definition) is 2. The zero-order valence-corrected chi connectivity index (χ0v) is 10.9. The molecule has 0 bridgehead atoms. The predicted molar refractivity (Wildman–Crippen MR) is 69.9 cm³/mol. The second-order valence-corrected chi connectivity index (χ2v) is 4.84. The van der Waals surface area contributed by atoms with Crippen molar-refractivity contribution in [2.75, 3.05) is 0 Å². The lowest BCUT2D eigenvalue weighted by atomic mass is 10.1. The summed E-state index contributed by atoms with van der Waals surface area (Å²) in [5, 5.41) is 0. The van der Waals surface area contributed by atoms with Crippen molar-refractivity contribution in [1.82, 2.24) is 0 Å². The van der Waals surface area contributed by atoms with Gasteiger partial charge in [0.25, 0.3) is 0 Å². The molecule has 0 atom stereocenters. The van der Waals surface area contributed by atoms with Gasteiger partial charge in [-0.1, -0.05) is 28.1 Å². The number of ketones is 1. The van der Waals surface area contributed by atoms with E-state index in [1.54, 1.807) is 6.26 Å². The van der Waals surface area contributed by atoms with Crippen molar-refractivity contribution in [3.8, 4) is 0 Å². The zero-order chi connectivity index (χ0) is 12.1. The summed E-state index contributed by atoms with van der Waals surface area (Å²) in [6.07, 6.45) is 3.33. The van der Waals surface area contributed by atoms with Gasteiger partial charge in [-0.25, -0.2) is 0 Å². The smallest absolute Gasteiger partial charge is 0.137 e. The Morgan fingerprint density at radius 2 is 2.12 bits per heavy atom. The summed E-state index contributed by atoms with van der Waals surface area (Å²) in [6.45, 7) is 0. The molecular weight excluding hydrogens is 280 g/mol. The van der Waals surface area contributed by atoms with Crippen LogP contribution in [0.5, 0.6) is 0 Å². The van der Waals surface area contributed by atoms with Crippen molar-refractivity contribution in [1.29, 1.82) is 0 Å². The number of carbonyl (C=O) groups is 1. The standard InChI is InChI=1S/C14H13BrO2/c15-12-4-1-3-11(9-12)10-13(16)6-7-14-5-2-8-17-14/h1-5,8-9H,6-7,10H2. The lowest BCUT2D eigenvalue weighted by molar-refractivity contribution is -0.118. The fraction of sp³-hybridized carbons (Fsp3) is 0.214. The summed E-state index contributed by atoms with van der Waals surface area (Å²) < 4.78 is 6.20. The molecule has 88 valence electrons. The lowest BCUT2D eigenvalue weighted by Gasteiger charge is -2.01. The van der Waals surface area contributed by atoms with Crippen LogP contribution in [0.3, 0.4) is 0 Å². The highest BCUT2D eigenvalue weighted by Gasteiger charge is 2.05. The molecule has 0 aliphatic carbocycles. The van der Waals surface area contributed by atoms with Crippen molar-refractivity contribution < 1.29 is 9.21 Å². The molecule has 1 aromatic heterocycles. The van der Waals surface area contributed by atoms with Crippen LogP contribution in [-0.4, -0.2) is 5.78 Å². The molecule has 0 spiro atoms. The normalized spacial score (nSPS) is 10.4. The van der Waals surface area contributed by atoms with Crippen LogP contribution in [0.2, 0.25) is 0 Å². The first-order chi connectivity index (χ1) is 8.24. The molecule has 0 radical (unpaired) electrons. The zero-order valence-electron chi connectivity index (χ0n) is 9.36. The summed E-state index contributed by atoms with van der Waals surface area (Å²) in [5.74, 6) is 1.10. The van der Waals surface area contributed by atoms with Gasteiger partial charge in [0.05, 0.1) is 6.26 Å². The van der Waals surface area contributed by atoms with Crippen molar-refractivity contribution in [2.24, 2.45) is 0 Å². The van der Waals surface area contributed by atoms with Gasteiger partial charge >= 0.3 is 0 Å². The molecule has 2 rings (SSSR count). The number of hydrogen-bond donors (Lipinski definition) is 0. The number of rotatable bonds is 5. The van der Waals surface area contributed by atoms with E-state index in [0.29, 0.717) is 19.3 Å². The third-order valence-electron chi connectivity index (χ3n) is 2.52. The molecule has 0 aliphatic rings. The second-order valence-electron chi connectivity index (χ2n) is 3.92. The van der Waals surface area contributed by atoms with Crippen LogP contribution >= 0.6 is 15.9 Å². The molecule has 0 amide bonds. The quantitative estimate of drug-likeness (QED) is 0.839. The molecule has 1 aromatic carbocycles. The summed E-state index contributed by atoms with van der Waals surface area (Å²) in [6, 6.07) is 11.6. The van der Waals surface area contributed by atoms with E-state index in [1.165, 1.54) is 0 Å². The average Bonchev–Trinajstić information content (AvgIpc) is 2.79. The van der Waals surface area contributed by atoms with E-state index >= 15 is 0 Å². The van der Waals surface area contributed by atoms with Gasteiger partial charge in [-0.15, -0.1) is 0 Å². The minimum Gasteiger partial charge on any atom is -0.469 e. The number of aryl methyl sites for hydroxylation is 1. The van der Waals surface area contributed by atoms with Gasteiger partial charge in [-0.2, -0.15) is 0 Å². The maximum atomic E-state index is 11.8. The maximum Gasteiger partial charge on any atom is 0.137 e. The summed E-state index contributed by atoms with van der Waals surface area (Å²) >= 11 is 3.40. The van der Waals surface area contributed by atoms with Gasteiger partial charge in [-0.3, -0.25) is 4.79 Å². The van der Waals surface area contributed by atoms with Crippen molar-refractivity contribution >= 4 is 21.7 Å². The molecule has 0 saturated heterocycles. The maximum absolute atomic E-state index is 11.8. The van der Waals surface area contributed by atoms with E-state index in [1.807, 2.05) is 36.4 Å². The Bertz CT molecular complexity index is 489. The SMILES string of the molecule is O=C(CCc1ccco1)Cc1cccc(Br)c1. The second kappa shape index (κ2) is 5.82. The van der Waals surface area contributed by atoms with Crippen molar-refractivity contribution in [3.05, 3.63) is 58.5 Å². The van der Waals surface area contributed by atoms with Crippen LogP contribution in [-0.2, 0) is 17.6 Å². The largest absolute Gasteiger partial charge is 0.469 e.